The van der Waals surface area contributed by atoms with Crippen LogP contribution in [0, 0.1) is 0 Å². The van der Waals surface area contributed by atoms with Crippen molar-refractivity contribution in [3.8, 4) is 11.8 Å². The molecule has 0 unspecified atom stereocenters. The smallest absolute Gasteiger partial charge is 0.322 e. The molecule has 0 saturated carbocycles. The third kappa shape index (κ3) is 6.97. The van der Waals surface area contributed by atoms with E-state index in [1.54, 1.807) is 25.3 Å². The highest BCUT2D eigenvalue weighted by Gasteiger charge is 2.27. The molecule has 0 radical (unpaired) electrons. The summed E-state index contributed by atoms with van der Waals surface area (Å²) >= 11 is 0. The molecule has 2 aromatic carbocycles. The van der Waals surface area contributed by atoms with E-state index in [1.165, 1.54) is 13.2 Å². The fraction of sp³-hybridized carbons (Fsp3) is 0.464. The number of nitrogens with zero attached hydrogens (tertiary/aromatic N) is 6. The van der Waals surface area contributed by atoms with Gasteiger partial charge in [0.05, 0.1) is 30.5 Å². The fourth-order valence-corrected chi connectivity index (χ4v) is 6.19. The van der Waals surface area contributed by atoms with Gasteiger partial charge in [0, 0.05) is 63.3 Å². The van der Waals surface area contributed by atoms with Gasteiger partial charge in [-0.25, -0.2) is 8.42 Å². The minimum absolute atomic E-state index is 0.0700. The van der Waals surface area contributed by atoms with E-state index in [2.05, 4.69) is 53.4 Å². The van der Waals surface area contributed by atoms with Gasteiger partial charge in [-0.05, 0) is 44.2 Å². The van der Waals surface area contributed by atoms with Crippen molar-refractivity contribution in [3.63, 3.8) is 0 Å². The molecular weight excluding hydrogens is 544 g/mol. The number of aromatic nitrogens is 3. The van der Waals surface area contributed by atoms with Crippen LogP contribution in [0.2, 0.25) is 0 Å². The molecule has 2 aliphatic heterocycles. The van der Waals surface area contributed by atoms with Crippen molar-refractivity contribution < 1.29 is 17.9 Å². The summed E-state index contributed by atoms with van der Waals surface area (Å²) in [6.45, 7) is 6.59. The van der Waals surface area contributed by atoms with Crippen LogP contribution in [0.25, 0.3) is 0 Å². The lowest BCUT2D eigenvalue weighted by Crippen LogP contribution is -2.52. The maximum atomic E-state index is 12.2. The first-order chi connectivity index (χ1) is 19.7. The van der Waals surface area contributed by atoms with Crippen molar-refractivity contribution in [2.75, 3.05) is 82.3 Å². The SMILES string of the molecule is COc1nc(Nc2ccc(N3CCC(N4CCN(C)CC4)CC3)cc2OC)nc(Nc2ccccc2S(C)(=O)=O)n1. The van der Waals surface area contributed by atoms with Crippen molar-refractivity contribution in [2.24, 2.45) is 0 Å². The highest BCUT2D eigenvalue weighted by atomic mass is 32.2. The average molecular weight is 583 g/mol. The molecule has 1 aromatic heterocycles. The maximum Gasteiger partial charge on any atom is 0.322 e. The van der Waals surface area contributed by atoms with Crippen LogP contribution in [0.15, 0.2) is 47.4 Å². The molecule has 2 N–H and O–H groups in total. The molecular formula is C28H38N8O4S. The van der Waals surface area contributed by atoms with E-state index in [0.29, 0.717) is 23.2 Å². The summed E-state index contributed by atoms with van der Waals surface area (Å²) in [5, 5.41) is 6.18. The Morgan fingerprint density at radius 3 is 2.12 bits per heavy atom. The number of piperidine rings is 1. The van der Waals surface area contributed by atoms with Crippen LogP contribution < -0.4 is 25.0 Å². The first kappa shape index (κ1) is 28.8. The van der Waals surface area contributed by atoms with Gasteiger partial charge in [0.1, 0.15) is 5.75 Å². The van der Waals surface area contributed by atoms with Crippen molar-refractivity contribution in [1.29, 1.82) is 0 Å². The molecule has 2 saturated heterocycles. The zero-order valence-corrected chi connectivity index (χ0v) is 24.8. The van der Waals surface area contributed by atoms with Crippen LogP contribution >= 0.6 is 0 Å². The Kier molecular flexibility index (Phi) is 8.76. The largest absolute Gasteiger partial charge is 0.494 e. The van der Waals surface area contributed by atoms with Crippen molar-refractivity contribution in [3.05, 3.63) is 42.5 Å². The Morgan fingerprint density at radius 1 is 0.829 bits per heavy atom. The predicted octanol–water partition coefficient (Wildman–Crippen LogP) is 3.00. The summed E-state index contributed by atoms with van der Waals surface area (Å²) in [6, 6.07) is 13.3. The molecule has 13 heteroatoms. The molecule has 12 nitrogen and oxygen atoms in total. The molecule has 0 amide bonds. The fourth-order valence-electron chi connectivity index (χ4n) is 5.35. The minimum Gasteiger partial charge on any atom is -0.494 e. The topological polar surface area (TPSA) is 125 Å². The number of hydrogen-bond donors (Lipinski definition) is 2. The second kappa shape index (κ2) is 12.5. The zero-order chi connectivity index (χ0) is 29.0. The molecule has 3 heterocycles. The number of likely N-dealkylation sites (N-methyl/N-ethyl adjacent to an activating group) is 1. The quantitative estimate of drug-likeness (QED) is 0.385. The summed E-state index contributed by atoms with van der Waals surface area (Å²) in [4.78, 5) is 20.6. The average Bonchev–Trinajstić information content (AvgIpc) is 2.97. The van der Waals surface area contributed by atoms with Gasteiger partial charge in [-0.2, -0.15) is 15.0 Å². The van der Waals surface area contributed by atoms with Crippen LogP contribution in [0.4, 0.5) is 29.0 Å². The van der Waals surface area contributed by atoms with Gasteiger partial charge in [-0.15, -0.1) is 0 Å². The summed E-state index contributed by atoms with van der Waals surface area (Å²) in [5.41, 5.74) is 2.14. The van der Waals surface area contributed by atoms with Gasteiger partial charge in [-0.1, -0.05) is 12.1 Å². The molecule has 0 spiro atoms. The summed E-state index contributed by atoms with van der Waals surface area (Å²) in [5.74, 6) is 1.00. The molecule has 2 fully saturated rings. The number of anilines is 5. The lowest BCUT2D eigenvalue weighted by atomic mass is 10.0. The molecule has 3 aromatic rings. The third-order valence-electron chi connectivity index (χ3n) is 7.65. The van der Waals surface area contributed by atoms with Crippen LogP contribution in [-0.4, -0.2) is 106 Å². The Morgan fingerprint density at radius 2 is 1.49 bits per heavy atom. The molecule has 0 aliphatic carbocycles. The van der Waals surface area contributed by atoms with E-state index in [9.17, 15) is 8.42 Å². The minimum atomic E-state index is -3.47. The second-order valence-corrected chi connectivity index (χ2v) is 12.4. The van der Waals surface area contributed by atoms with Crippen molar-refractivity contribution in [2.45, 2.75) is 23.8 Å². The number of para-hydroxylation sites is 1. The summed E-state index contributed by atoms with van der Waals surface area (Å²) in [7, 11) is 1.81. The van der Waals surface area contributed by atoms with Crippen molar-refractivity contribution >= 4 is 38.8 Å². The van der Waals surface area contributed by atoms with Gasteiger partial charge >= 0.3 is 6.01 Å². The second-order valence-electron chi connectivity index (χ2n) is 10.4. The van der Waals surface area contributed by atoms with Gasteiger partial charge in [-0.3, -0.25) is 4.90 Å². The zero-order valence-electron chi connectivity index (χ0n) is 24.0. The lowest BCUT2D eigenvalue weighted by Gasteiger charge is -2.42. The van der Waals surface area contributed by atoms with Gasteiger partial charge in [0.25, 0.3) is 0 Å². The number of benzene rings is 2. The van der Waals surface area contributed by atoms with E-state index in [0.717, 1.165) is 64.1 Å². The number of ether oxygens (including phenoxy) is 2. The van der Waals surface area contributed by atoms with Gasteiger partial charge < -0.3 is 29.9 Å². The number of methoxy groups -OCH3 is 2. The number of nitrogens with one attached hydrogen (secondary N) is 2. The monoisotopic (exact) mass is 582 g/mol. The number of piperazine rings is 1. The van der Waals surface area contributed by atoms with E-state index >= 15 is 0 Å². The normalized spacial score (nSPS) is 17.3. The number of hydrogen-bond acceptors (Lipinski definition) is 12. The first-order valence-electron chi connectivity index (χ1n) is 13.7. The summed E-state index contributed by atoms with van der Waals surface area (Å²) in [6.07, 6.45) is 3.45. The van der Waals surface area contributed by atoms with Crippen LogP contribution in [0.5, 0.6) is 11.8 Å². The standard InChI is InChI=1S/C28H38N8O4S/c1-34-15-17-36(18-16-34)20-11-13-35(14-12-20)21-9-10-22(24(19-21)39-2)29-26-31-27(33-28(32-26)40-3)30-23-7-5-6-8-25(23)41(4,37)38/h5-10,19-20H,11-18H2,1-4H3,(H2,29,30,31,32,33). The van der Waals surface area contributed by atoms with Gasteiger partial charge in [0.15, 0.2) is 9.84 Å². The van der Waals surface area contributed by atoms with E-state index in [1.807, 2.05) is 12.1 Å². The molecule has 5 rings (SSSR count). The van der Waals surface area contributed by atoms with Gasteiger partial charge in [0.2, 0.25) is 11.9 Å². The number of sulfone groups is 1. The Hall–Kier alpha value is -3.68. The Labute approximate surface area is 241 Å². The lowest BCUT2D eigenvalue weighted by molar-refractivity contribution is 0.0982. The predicted molar refractivity (Wildman–Crippen MR) is 160 cm³/mol. The molecule has 0 bridgehead atoms. The van der Waals surface area contributed by atoms with E-state index < -0.39 is 9.84 Å². The van der Waals surface area contributed by atoms with Crippen LogP contribution in [0.1, 0.15) is 12.8 Å². The molecule has 41 heavy (non-hydrogen) atoms. The van der Waals surface area contributed by atoms with Crippen LogP contribution in [-0.2, 0) is 9.84 Å². The highest BCUT2D eigenvalue weighted by Crippen LogP contribution is 2.34. The van der Waals surface area contributed by atoms with Crippen LogP contribution in [0.3, 0.4) is 0 Å². The Bertz CT molecular complexity index is 1460. The van der Waals surface area contributed by atoms with E-state index in [4.69, 9.17) is 9.47 Å². The first-order valence-corrected chi connectivity index (χ1v) is 15.6. The number of rotatable bonds is 9. The molecule has 2 aliphatic rings. The highest BCUT2D eigenvalue weighted by molar-refractivity contribution is 7.90. The maximum absolute atomic E-state index is 12.2. The Balaban J connectivity index is 1.30. The molecule has 220 valence electrons. The third-order valence-corrected chi connectivity index (χ3v) is 8.80. The van der Waals surface area contributed by atoms with E-state index in [-0.39, 0.29) is 22.8 Å². The molecule has 0 atom stereocenters. The van der Waals surface area contributed by atoms with Crippen molar-refractivity contribution in [1.82, 2.24) is 24.8 Å². The summed E-state index contributed by atoms with van der Waals surface area (Å²) < 4.78 is 35.5.